The Balaban J connectivity index is 1.67. The van der Waals surface area contributed by atoms with Gasteiger partial charge in [0.25, 0.3) is 0 Å². The first-order valence-electron chi connectivity index (χ1n) is 8.41. The normalized spacial score (nSPS) is 37.7. The quantitative estimate of drug-likeness (QED) is 0.665. The van der Waals surface area contributed by atoms with Crippen molar-refractivity contribution in [3.05, 3.63) is 0 Å². The minimum Gasteiger partial charge on any atom is -0.381 e. The summed E-state index contributed by atoms with van der Waals surface area (Å²) >= 11 is 0. The summed E-state index contributed by atoms with van der Waals surface area (Å²) in [4.78, 5) is 0. The van der Waals surface area contributed by atoms with Crippen molar-refractivity contribution in [3.8, 4) is 0 Å². The van der Waals surface area contributed by atoms with Crippen LogP contribution in [0.25, 0.3) is 0 Å². The van der Waals surface area contributed by atoms with Crippen molar-refractivity contribution in [3.63, 3.8) is 0 Å². The van der Waals surface area contributed by atoms with Gasteiger partial charge in [-0.1, -0.05) is 26.2 Å². The zero-order valence-electron chi connectivity index (χ0n) is 12.5. The number of ether oxygens (including phenoxy) is 1. The number of rotatable bonds is 5. The van der Waals surface area contributed by atoms with Crippen LogP contribution in [0.1, 0.15) is 71.6 Å². The lowest BCUT2D eigenvalue weighted by atomic mass is 9.69. The Morgan fingerprint density at radius 1 is 0.722 bits per heavy atom. The van der Waals surface area contributed by atoms with E-state index in [1.54, 1.807) is 0 Å². The maximum atomic E-state index is 5.58. The van der Waals surface area contributed by atoms with Gasteiger partial charge in [0.2, 0.25) is 0 Å². The summed E-state index contributed by atoms with van der Waals surface area (Å²) in [5.74, 6) is 4.05. The summed E-state index contributed by atoms with van der Waals surface area (Å²) in [5, 5.41) is 0. The van der Waals surface area contributed by atoms with Crippen LogP contribution < -0.4 is 0 Å². The van der Waals surface area contributed by atoms with Crippen LogP contribution in [0.15, 0.2) is 0 Å². The Hall–Kier alpha value is -0.0400. The first kappa shape index (κ1) is 14.4. The molecule has 2 aliphatic carbocycles. The first-order chi connectivity index (χ1) is 8.83. The second-order valence-electron chi connectivity index (χ2n) is 6.63. The molecule has 2 saturated carbocycles. The van der Waals surface area contributed by atoms with Crippen LogP contribution in [-0.2, 0) is 4.74 Å². The Kier molecular flexibility index (Phi) is 6.01. The molecule has 2 fully saturated rings. The summed E-state index contributed by atoms with van der Waals surface area (Å²) in [6.45, 7) is 6.38. The topological polar surface area (TPSA) is 9.23 Å². The number of hydrogen-bond donors (Lipinski definition) is 0. The third-order valence-corrected chi connectivity index (χ3v) is 5.58. The smallest absolute Gasteiger partial charge is 0.0494 e. The maximum Gasteiger partial charge on any atom is 0.0494 e. The lowest BCUT2D eigenvalue weighted by Gasteiger charge is -2.37. The molecule has 0 unspecified atom stereocenters. The zero-order valence-corrected chi connectivity index (χ0v) is 12.5. The van der Waals surface area contributed by atoms with E-state index in [-0.39, 0.29) is 0 Å². The summed E-state index contributed by atoms with van der Waals surface area (Å²) in [5.41, 5.74) is 0. The van der Waals surface area contributed by atoms with Crippen molar-refractivity contribution in [2.45, 2.75) is 71.6 Å². The van der Waals surface area contributed by atoms with Crippen molar-refractivity contribution < 1.29 is 4.74 Å². The van der Waals surface area contributed by atoms with Gasteiger partial charge in [-0.2, -0.15) is 0 Å². The van der Waals surface area contributed by atoms with Crippen LogP contribution in [0, 0.1) is 23.7 Å². The highest BCUT2D eigenvalue weighted by atomic mass is 16.5. The molecular formula is C17H32O. The van der Waals surface area contributed by atoms with Gasteiger partial charge >= 0.3 is 0 Å². The van der Waals surface area contributed by atoms with Crippen LogP contribution >= 0.6 is 0 Å². The van der Waals surface area contributed by atoms with Crippen molar-refractivity contribution in [2.75, 3.05) is 13.2 Å². The molecule has 0 atom stereocenters. The van der Waals surface area contributed by atoms with Crippen LogP contribution in [0.4, 0.5) is 0 Å². The van der Waals surface area contributed by atoms with Gasteiger partial charge in [-0.15, -0.1) is 0 Å². The van der Waals surface area contributed by atoms with Gasteiger partial charge in [0.1, 0.15) is 0 Å². The molecule has 0 aromatic carbocycles. The van der Waals surface area contributed by atoms with E-state index in [4.69, 9.17) is 4.74 Å². The van der Waals surface area contributed by atoms with Crippen molar-refractivity contribution in [1.82, 2.24) is 0 Å². The fourth-order valence-electron chi connectivity index (χ4n) is 4.18. The highest BCUT2D eigenvalue weighted by molar-refractivity contribution is 4.81. The molecule has 0 N–H and O–H groups in total. The van der Waals surface area contributed by atoms with Crippen LogP contribution in [0.3, 0.4) is 0 Å². The minimum absolute atomic E-state index is 0.869. The van der Waals surface area contributed by atoms with E-state index in [0.717, 1.165) is 36.9 Å². The highest BCUT2D eigenvalue weighted by Crippen LogP contribution is 2.41. The van der Waals surface area contributed by atoms with Crippen molar-refractivity contribution >= 4 is 0 Å². The van der Waals surface area contributed by atoms with Gasteiger partial charge in [0.05, 0.1) is 0 Å². The Morgan fingerprint density at radius 3 is 1.67 bits per heavy atom. The molecule has 1 heteroatoms. The maximum absolute atomic E-state index is 5.58. The van der Waals surface area contributed by atoms with Gasteiger partial charge in [-0.3, -0.25) is 0 Å². The van der Waals surface area contributed by atoms with E-state index in [1.165, 1.54) is 57.8 Å². The van der Waals surface area contributed by atoms with E-state index < -0.39 is 0 Å². The molecule has 2 aliphatic rings. The minimum atomic E-state index is 0.869. The summed E-state index contributed by atoms with van der Waals surface area (Å²) in [6, 6.07) is 0. The monoisotopic (exact) mass is 252 g/mol. The van der Waals surface area contributed by atoms with E-state index in [9.17, 15) is 0 Å². The molecule has 2 rings (SSSR count). The van der Waals surface area contributed by atoms with E-state index in [0.29, 0.717) is 0 Å². The molecule has 0 spiro atoms. The molecule has 18 heavy (non-hydrogen) atoms. The Morgan fingerprint density at radius 2 is 1.22 bits per heavy atom. The van der Waals surface area contributed by atoms with Crippen LogP contribution in [0.5, 0.6) is 0 Å². The fraction of sp³-hybridized carbons (Fsp3) is 1.00. The molecule has 0 aromatic rings. The molecule has 0 heterocycles. The average molecular weight is 252 g/mol. The van der Waals surface area contributed by atoms with Crippen molar-refractivity contribution in [1.29, 1.82) is 0 Å². The van der Waals surface area contributed by atoms with Gasteiger partial charge in [-0.25, -0.2) is 0 Å². The predicted molar refractivity (Wildman–Crippen MR) is 77.7 cm³/mol. The molecule has 0 saturated heterocycles. The second kappa shape index (κ2) is 7.53. The van der Waals surface area contributed by atoms with E-state index in [2.05, 4.69) is 13.8 Å². The molecule has 0 amide bonds. The summed E-state index contributed by atoms with van der Waals surface area (Å²) in [7, 11) is 0. The first-order valence-corrected chi connectivity index (χ1v) is 8.41. The molecule has 0 aliphatic heterocycles. The summed E-state index contributed by atoms with van der Waals surface area (Å²) < 4.78 is 5.58. The zero-order chi connectivity index (χ0) is 12.8. The Bertz CT molecular complexity index is 210. The average Bonchev–Trinajstić information content (AvgIpc) is 2.46. The van der Waals surface area contributed by atoms with E-state index >= 15 is 0 Å². The third kappa shape index (κ3) is 3.98. The lowest BCUT2D eigenvalue weighted by Crippen LogP contribution is -2.27. The molecular weight excluding hydrogens is 220 g/mol. The van der Waals surface area contributed by atoms with Crippen molar-refractivity contribution in [2.24, 2.45) is 23.7 Å². The molecule has 0 radical (unpaired) electrons. The van der Waals surface area contributed by atoms with Gasteiger partial charge in [0.15, 0.2) is 0 Å². The molecule has 0 bridgehead atoms. The predicted octanol–water partition coefficient (Wildman–Crippen LogP) is 5.05. The second-order valence-corrected chi connectivity index (χ2v) is 6.63. The molecule has 106 valence electrons. The van der Waals surface area contributed by atoms with E-state index in [1.807, 2.05) is 0 Å². The largest absolute Gasteiger partial charge is 0.381 e. The lowest BCUT2D eigenvalue weighted by molar-refractivity contribution is 0.0713. The summed E-state index contributed by atoms with van der Waals surface area (Å²) in [6.07, 6.45) is 13.3. The fourth-order valence-corrected chi connectivity index (χ4v) is 4.18. The van der Waals surface area contributed by atoms with Crippen LogP contribution in [0.2, 0.25) is 0 Å². The molecule has 0 aromatic heterocycles. The molecule has 1 nitrogen and oxygen atoms in total. The highest BCUT2D eigenvalue weighted by Gasteiger charge is 2.30. The third-order valence-electron chi connectivity index (χ3n) is 5.58. The SMILES string of the molecule is CCOC[C@H]1CC[C@H]([C@H]2CC[C@H](CC)CC2)CC1. The Labute approximate surface area is 114 Å². The van der Waals surface area contributed by atoms with Crippen LogP contribution in [-0.4, -0.2) is 13.2 Å². The van der Waals surface area contributed by atoms with Gasteiger partial charge in [0, 0.05) is 13.2 Å². The standard InChI is InChI=1S/C17H32O/c1-3-14-5-9-16(10-6-14)17-11-7-15(8-12-17)13-18-4-2/h14-17H,3-13H2,1-2H3/t14-,15-,16-,17-. The van der Waals surface area contributed by atoms with Gasteiger partial charge in [-0.05, 0) is 69.1 Å². The number of hydrogen-bond acceptors (Lipinski definition) is 1. The van der Waals surface area contributed by atoms with Gasteiger partial charge < -0.3 is 4.74 Å².